The van der Waals surface area contributed by atoms with E-state index >= 15 is 0 Å². The lowest BCUT2D eigenvalue weighted by molar-refractivity contribution is 0.185. The number of aliphatic hydroxyl groups excluding tert-OH is 1. The van der Waals surface area contributed by atoms with Crippen LogP contribution in [0.4, 0.5) is 10.1 Å². The second-order valence-corrected chi connectivity index (χ2v) is 4.62. The Balaban J connectivity index is 2.10. The Bertz CT molecular complexity index is 532. The van der Waals surface area contributed by atoms with Crippen LogP contribution in [0.25, 0.3) is 0 Å². The van der Waals surface area contributed by atoms with Crippen LogP contribution in [0.2, 0.25) is 0 Å². The van der Waals surface area contributed by atoms with Crippen LogP contribution in [-0.2, 0) is 0 Å². The number of benzene rings is 1. The van der Waals surface area contributed by atoms with E-state index in [1.165, 1.54) is 12.1 Å². The van der Waals surface area contributed by atoms with Gasteiger partial charge in [-0.2, -0.15) is 0 Å². The molecule has 102 valence electrons. The highest BCUT2D eigenvalue weighted by molar-refractivity contribution is 5.52. The Morgan fingerprint density at radius 2 is 1.95 bits per heavy atom. The van der Waals surface area contributed by atoms with Gasteiger partial charge in [0.2, 0.25) is 0 Å². The summed E-state index contributed by atoms with van der Waals surface area (Å²) in [6.45, 7) is 4.07. The largest absolute Gasteiger partial charge is 0.387 e. The standard InChI is InChI=1S/C14H17FN2O2/c1-9-14(10(2)19-16-9)17(3)8-13(18)11-4-6-12(15)7-5-11/h4-7,13,18H,8H2,1-3H3. The van der Waals surface area contributed by atoms with Crippen LogP contribution in [0.5, 0.6) is 0 Å². The van der Waals surface area contributed by atoms with E-state index in [1.807, 2.05) is 25.8 Å². The van der Waals surface area contributed by atoms with Gasteiger partial charge in [-0.05, 0) is 31.5 Å². The second-order valence-electron chi connectivity index (χ2n) is 4.62. The monoisotopic (exact) mass is 264 g/mol. The summed E-state index contributed by atoms with van der Waals surface area (Å²) in [6, 6.07) is 5.85. The quantitative estimate of drug-likeness (QED) is 0.922. The first kappa shape index (κ1) is 13.5. The summed E-state index contributed by atoms with van der Waals surface area (Å²) in [4.78, 5) is 1.88. The van der Waals surface area contributed by atoms with E-state index < -0.39 is 6.10 Å². The predicted octanol–water partition coefficient (Wildman–Crippen LogP) is 2.60. The van der Waals surface area contributed by atoms with Gasteiger partial charge < -0.3 is 14.5 Å². The van der Waals surface area contributed by atoms with E-state index in [9.17, 15) is 9.50 Å². The summed E-state index contributed by atoms with van der Waals surface area (Å²) in [7, 11) is 1.86. The molecule has 0 aliphatic heterocycles. The molecule has 5 heteroatoms. The minimum atomic E-state index is -0.695. The van der Waals surface area contributed by atoms with Crippen molar-refractivity contribution in [3.63, 3.8) is 0 Å². The first-order valence-corrected chi connectivity index (χ1v) is 6.06. The van der Waals surface area contributed by atoms with E-state index in [4.69, 9.17) is 4.52 Å². The molecule has 1 atom stereocenters. The summed E-state index contributed by atoms with van der Waals surface area (Å²) in [5, 5.41) is 14.0. The molecule has 0 radical (unpaired) electrons. The molecule has 2 aromatic rings. The van der Waals surface area contributed by atoms with Crippen LogP contribution < -0.4 is 4.90 Å². The fraction of sp³-hybridized carbons (Fsp3) is 0.357. The average Bonchev–Trinajstić information content (AvgIpc) is 2.69. The third-order valence-corrected chi connectivity index (χ3v) is 3.08. The fourth-order valence-electron chi connectivity index (χ4n) is 2.16. The van der Waals surface area contributed by atoms with Gasteiger partial charge in [-0.3, -0.25) is 0 Å². The minimum Gasteiger partial charge on any atom is -0.387 e. The molecule has 19 heavy (non-hydrogen) atoms. The molecule has 1 heterocycles. The zero-order valence-corrected chi connectivity index (χ0v) is 11.2. The predicted molar refractivity (Wildman–Crippen MR) is 70.6 cm³/mol. The lowest BCUT2D eigenvalue weighted by atomic mass is 10.1. The van der Waals surface area contributed by atoms with Crippen molar-refractivity contribution in [2.45, 2.75) is 20.0 Å². The van der Waals surface area contributed by atoms with Crippen molar-refractivity contribution in [1.29, 1.82) is 0 Å². The number of nitrogens with zero attached hydrogens (tertiary/aromatic N) is 2. The highest BCUT2D eigenvalue weighted by Gasteiger charge is 2.17. The van der Waals surface area contributed by atoms with Crippen molar-refractivity contribution >= 4 is 5.69 Å². The number of hydrogen-bond acceptors (Lipinski definition) is 4. The Labute approximate surface area is 111 Å². The summed E-state index contributed by atoms with van der Waals surface area (Å²) >= 11 is 0. The molecule has 2 rings (SSSR count). The molecule has 0 amide bonds. The second kappa shape index (κ2) is 5.40. The van der Waals surface area contributed by atoms with Crippen molar-refractivity contribution in [3.05, 3.63) is 47.1 Å². The van der Waals surface area contributed by atoms with Gasteiger partial charge in [-0.25, -0.2) is 4.39 Å². The van der Waals surface area contributed by atoms with Crippen LogP contribution in [-0.4, -0.2) is 23.9 Å². The van der Waals surface area contributed by atoms with Gasteiger partial charge in [0.1, 0.15) is 17.2 Å². The SMILES string of the molecule is Cc1noc(C)c1N(C)CC(O)c1ccc(F)cc1. The van der Waals surface area contributed by atoms with Crippen molar-refractivity contribution < 1.29 is 14.0 Å². The number of aliphatic hydroxyl groups is 1. The van der Waals surface area contributed by atoms with Crippen molar-refractivity contribution in [2.24, 2.45) is 0 Å². The first-order chi connectivity index (χ1) is 8.99. The normalized spacial score (nSPS) is 12.5. The van der Waals surface area contributed by atoms with Gasteiger partial charge in [-0.15, -0.1) is 0 Å². The number of anilines is 1. The zero-order chi connectivity index (χ0) is 14.0. The smallest absolute Gasteiger partial charge is 0.157 e. The number of halogens is 1. The molecular formula is C14H17FN2O2. The molecule has 1 aromatic carbocycles. The van der Waals surface area contributed by atoms with Crippen LogP contribution in [0.15, 0.2) is 28.8 Å². The molecule has 0 saturated heterocycles. The topological polar surface area (TPSA) is 49.5 Å². The number of rotatable bonds is 4. The molecule has 0 bridgehead atoms. The number of likely N-dealkylation sites (N-methyl/N-ethyl adjacent to an activating group) is 1. The maximum atomic E-state index is 12.8. The summed E-state index contributed by atoms with van der Waals surface area (Å²) in [5.41, 5.74) is 2.34. The molecule has 4 nitrogen and oxygen atoms in total. The van der Waals surface area contributed by atoms with Crippen molar-refractivity contribution in [3.8, 4) is 0 Å². The maximum absolute atomic E-state index is 12.8. The number of aromatic nitrogens is 1. The van der Waals surface area contributed by atoms with Gasteiger partial charge in [0.25, 0.3) is 0 Å². The molecule has 1 aromatic heterocycles. The summed E-state index contributed by atoms with van der Waals surface area (Å²) in [6.07, 6.45) is -0.695. The summed E-state index contributed by atoms with van der Waals surface area (Å²) < 4.78 is 17.9. The zero-order valence-electron chi connectivity index (χ0n) is 11.2. The molecule has 0 spiro atoms. The van der Waals surface area contributed by atoms with Crippen LogP contribution in [0.3, 0.4) is 0 Å². The molecule has 0 saturated carbocycles. The maximum Gasteiger partial charge on any atom is 0.157 e. The third kappa shape index (κ3) is 2.93. The van der Waals surface area contributed by atoms with Crippen LogP contribution in [0.1, 0.15) is 23.1 Å². The molecule has 0 aliphatic carbocycles. The lowest BCUT2D eigenvalue weighted by Gasteiger charge is -2.22. The Morgan fingerprint density at radius 1 is 1.32 bits per heavy atom. The molecule has 0 aliphatic rings. The number of aryl methyl sites for hydroxylation is 2. The van der Waals surface area contributed by atoms with Crippen LogP contribution >= 0.6 is 0 Å². The van der Waals surface area contributed by atoms with E-state index in [0.29, 0.717) is 17.9 Å². The van der Waals surface area contributed by atoms with E-state index in [-0.39, 0.29) is 5.82 Å². The van der Waals surface area contributed by atoms with Gasteiger partial charge in [0, 0.05) is 13.6 Å². The van der Waals surface area contributed by atoms with E-state index in [2.05, 4.69) is 5.16 Å². The summed E-state index contributed by atoms with van der Waals surface area (Å²) in [5.74, 6) is 0.404. The first-order valence-electron chi connectivity index (χ1n) is 6.06. The average molecular weight is 264 g/mol. The highest BCUT2D eigenvalue weighted by Crippen LogP contribution is 2.25. The molecule has 0 fully saturated rings. The van der Waals surface area contributed by atoms with E-state index in [1.54, 1.807) is 12.1 Å². The minimum absolute atomic E-state index is 0.310. The van der Waals surface area contributed by atoms with Gasteiger partial charge in [-0.1, -0.05) is 17.3 Å². The third-order valence-electron chi connectivity index (χ3n) is 3.08. The van der Waals surface area contributed by atoms with Gasteiger partial charge >= 0.3 is 0 Å². The molecular weight excluding hydrogens is 247 g/mol. The molecule has 1 N–H and O–H groups in total. The van der Waals surface area contributed by atoms with Crippen molar-refractivity contribution in [2.75, 3.05) is 18.5 Å². The lowest BCUT2D eigenvalue weighted by Crippen LogP contribution is -2.25. The Hall–Kier alpha value is -1.88. The molecule has 1 unspecified atom stereocenters. The Morgan fingerprint density at radius 3 is 2.47 bits per heavy atom. The highest BCUT2D eigenvalue weighted by atomic mass is 19.1. The van der Waals surface area contributed by atoms with Gasteiger partial charge in [0.15, 0.2) is 5.76 Å². The fourth-order valence-corrected chi connectivity index (χ4v) is 2.16. The van der Waals surface area contributed by atoms with Crippen LogP contribution in [0, 0.1) is 19.7 Å². The Kier molecular flexibility index (Phi) is 3.85. The number of hydrogen-bond donors (Lipinski definition) is 1. The van der Waals surface area contributed by atoms with Gasteiger partial charge in [0.05, 0.1) is 6.10 Å². The van der Waals surface area contributed by atoms with E-state index in [0.717, 1.165) is 11.4 Å². The van der Waals surface area contributed by atoms with Crippen molar-refractivity contribution in [1.82, 2.24) is 5.16 Å².